The highest BCUT2D eigenvalue weighted by molar-refractivity contribution is 5.74. The molecule has 0 atom stereocenters. The van der Waals surface area contributed by atoms with Gasteiger partial charge in [0.1, 0.15) is 13.2 Å². The van der Waals surface area contributed by atoms with Gasteiger partial charge >= 0.3 is 5.97 Å². The number of nitrogens with one attached hydrogen (secondary N) is 1. The number of carbonyl (C=O) groups excluding carboxylic acids is 1. The zero-order chi connectivity index (χ0) is 10.2. The van der Waals surface area contributed by atoms with E-state index in [9.17, 15) is 4.79 Å². The molecule has 0 bridgehead atoms. The minimum Gasteiger partial charge on any atom is -0.460 e. The van der Waals surface area contributed by atoms with Crippen LogP contribution in [0.2, 0.25) is 0 Å². The summed E-state index contributed by atoms with van der Waals surface area (Å²) in [6.07, 6.45) is 1.54. The fourth-order valence-electron chi connectivity index (χ4n) is 0.933. The Morgan fingerprint density at radius 1 is 1.43 bits per heavy atom. The molecule has 1 aromatic carbocycles. The molecule has 0 aliphatic rings. The molecule has 1 N–H and O–H groups in total. The standard InChI is InChI=1S/C11H13NO2/c1-2-8-14-11(13)9-12-10-6-4-3-5-7-10/h2-7,12H,1,8-9H2. The SMILES string of the molecule is C=CCOC(=O)CNc1ccccc1. The van der Waals surface area contributed by atoms with Crippen molar-refractivity contribution in [2.45, 2.75) is 0 Å². The summed E-state index contributed by atoms with van der Waals surface area (Å²) in [4.78, 5) is 11.0. The van der Waals surface area contributed by atoms with E-state index in [1.807, 2.05) is 30.3 Å². The molecule has 0 saturated heterocycles. The largest absolute Gasteiger partial charge is 0.460 e. The van der Waals surface area contributed by atoms with Crippen LogP contribution < -0.4 is 5.32 Å². The van der Waals surface area contributed by atoms with Crippen molar-refractivity contribution in [1.29, 1.82) is 0 Å². The lowest BCUT2D eigenvalue weighted by molar-refractivity contribution is -0.140. The summed E-state index contributed by atoms with van der Waals surface area (Å²) in [5, 5.41) is 2.94. The van der Waals surface area contributed by atoms with Crippen LogP contribution in [0.5, 0.6) is 0 Å². The predicted molar refractivity (Wildman–Crippen MR) is 56.1 cm³/mol. The maximum atomic E-state index is 11.0. The van der Waals surface area contributed by atoms with Crippen LogP contribution in [0.25, 0.3) is 0 Å². The van der Waals surface area contributed by atoms with E-state index in [4.69, 9.17) is 4.74 Å². The van der Waals surface area contributed by atoms with Crippen LogP contribution in [0.4, 0.5) is 5.69 Å². The minimum absolute atomic E-state index is 0.178. The highest BCUT2D eigenvalue weighted by Gasteiger charge is 1.99. The molecule has 0 saturated carbocycles. The molecule has 0 radical (unpaired) electrons. The van der Waals surface area contributed by atoms with E-state index >= 15 is 0 Å². The van der Waals surface area contributed by atoms with Crippen LogP contribution in [0.3, 0.4) is 0 Å². The molecule has 0 fully saturated rings. The Morgan fingerprint density at radius 3 is 2.79 bits per heavy atom. The van der Waals surface area contributed by atoms with Crippen molar-refractivity contribution in [1.82, 2.24) is 0 Å². The number of rotatable bonds is 5. The average Bonchev–Trinajstić information content (AvgIpc) is 2.25. The molecule has 0 unspecified atom stereocenters. The van der Waals surface area contributed by atoms with E-state index in [0.717, 1.165) is 5.69 Å². The van der Waals surface area contributed by atoms with Gasteiger partial charge < -0.3 is 10.1 Å². The number of anilines is 1. The zero-order valence-corrected chi connectivity index (χ0v) is 7.90. The third-order valence-corrected chi connectivity index (χ3v) is 1.57. The molecule has 1 aromatic rings. The Morgan fingerprint density at radius 2 is 2.14 bits per heavy atom. The van der Waals surface area contributed by atoms with Crippen LogP contribution in [-0.2, 0) is 9.53 Å². The molecule has 1 rings (SSSR count). The zero-order valence-electron chi connectivity index (χ0n) is 7.90. The molecule has 74 valence electrons. The lowest BCUT2D eigenvalue weighted by Gasteiger charge is -2.05. The summed E-state index contributed by atoms with van der Waals surface area (Å²) in [5.41, 5.74) is 0.906. The summed E-state index contributed by atoms with van der Waals surface area (Å²) in [6.45, 7) is 3.89. The quantitative estimate of drug-likeness (QED) is 0.570. The first-order chi connectivity index (χ1) is 6.83. The molecule has 0 aromatic heterocycles. The van der Waals surface area contributed by atoms with Crippen molar-refractivity contribution in [3.05, 3.63) is 43.0 Å². The summed E-state index contributed by atoms with van der Waals surface area (Å²) in [5.74, 6) is -0.284. The fourth-order valence-corrected chi connectivity index (χ4v) is 0.933. The van der Waals surface area contributed by atoms with Gasteiger partial charge in [-0.05, 0) is 12.1 Å². The normalized spacial score (nSPS) is 9.14. The van der Waals surface area contributed by atoms with Crippen molar-refractivity contribution >= 4 is 11.7 Å². The van der Waals surface area contributed by atoms with Gasteiger partial charge in [0.15, 0.2) is 0 Å². The molecule has 0 aliphatic heterocycles. The Balaban J connectivity index is 2.27. The topological polar surface area (TPSA) is 38.3 Å². The predicted octanol–water partition coefficient (Wildman–Crippen LogP) is 1.83. The Hall–Kier alpha value is -1.77. The smallest absolute Gasteiger partial charge is 0.325 e. The van der Waals surface area contributed by atoms with E-state index < -0.39 is 0 Å². The average molecular weight is 191 g/mol. The Bertz CT molecular complexity index is 295. The van der Waals surface area contributed by atoms with Gasteiger partial charge in [-0.15, -0.1) is 0 Å². The molecule has 0 aliphatic carbocycles. The number of ether oxygens (including phenoxy) is 1. The van der Waals surface area contributed by atoms with Crippen molar-refractivity contribution in [3.8, 4) is 0 Å². The van der Waals surface area contributed by atoms with Crippen LogP contribution in [0, 0.1) is 0 Å². The molecule has 14 heavy (non-hydrogen) atoms. The summed E-state index contributed by atoms with van der Waals surface area (Å²) < 4.78 is 4.79. The monoisotopic (exact) mass is 191 g/mol. The highest BCUT2D eigenvalue weighted by Crippen LogP contribution is 2.03. The maximum Gasteiger partial charge on any atom is 0.325 e. The van der Waals surface area contributed by atoms with Crippen molar-refractivity contribution in [2.75, 3.05) is 18.5 Å². The second-order valence-electron chi connectivity index (χ2n) is 2.69. The van der Waals surface area contributed by atoms with E-state index in [0.29, 0.717) is 0 Å². The summed E-state index contributed by atoms with van der Waals surface area (Å²) in [7, 11) is 0. The number of benzene rings is 1. The second kappa shape index (κ2) is 5.80. The van der Waals surface area contributed by atoms with Crippen molar-refractivity contribution in [2.24, 2.45) is 0 Å². The van der Waals surface area contributed by atoms with Crippen molar-refractivity contribution in [3.63, 3.8) is 0 Å². The molecule has 3 heteroatoms. The molecular formula is C11H13NO2. The first-order valence-electron chi connectivity index (χ1n) is 4.38. The van der Waals surface area contributed by atoms with E-state index in [-0.39, 0.29) is 19.1 Å². The number of carbonyl (C=O) groups is 1. The van der Waals surface area contributed by atoms with Gasteiger partial charge in [0, 0.05) is 5.69 Å². The van der Waals surface area contributed by atoms with Crippen LogP contribution in [0.15, 0.2) is 43.0 Å². The maximum absolute atomic E-state index is 11.0. The Kier molecular flexibility index (Phi) is 4.27. The molecule has 0 heterocycles. The first kappa shape index (κ1) is 10.3. The summed E-state index contributed by atoms with van der Waals surface area (Å²) >= 11 is 0. The van der Waals surface area contributed by atoms with Gasteiger partial charge in [0.05, 0.1) is 0 Å². The first-order valence-corrected chi connectivity index (χ1v) is 4.38. The van der Waals surface area contributed by atoms with Crippen LogP contribution >= 0.6 is 0 Å². The van der Waals surface area contributed by atoms with Gasteiger partial charge in [-0.3, -0.25) is 4.79 Å². The third kappa shape index (κ3) is 3.76. The molecular weight excluding hydrogens is 178 g/mol. The van der Waals surface area contributed by atoms with E-state index in [1.54, 1.807) is 6.08 Å². The molecule has 0 amide bonds. The van der Waals surface area contributed by atoms with E-state index in [1.165, 1.54) is 0 Å². The fraction of sp³-hybridized carbons (Fsp3) is 0.182. The highest BCUT2D eigenvalue weighted by atomic mass is 16.5. The molecule has 0 spiro atoms. The van der Waals surface area contributed by atoms with Crippen LogP contribution in [0.1, 0.15) is 0 Å². The third-order valence-electron chi connectivity index (χ3n) is 1.57. The van der Waals surface area contributed by atoms with Gasteiger partial charge in [-0.2, -0.15) is 0 Å². The Labute approximate surface area is 83.4 Å². The van der Waals surface area contributed by atoms with Gasteiger partial charge in [0.2, 0.25) is 0 Å². The lowest BCUT2D eigenvalue weighted by atomic mass is 10.3. The molecule has 3 nitrogen and oxygen atoms in total. The number of para-hydroxylation sites is 1. The number of hydrogen-bond acceptors (Lipinski definition) is 3. The van der Waals surface area contributed by atoms with Crippen LogP contribution in [-0.4, -0.2) is 19.1 Å². The lowest BCUT2D eigenvalue weighted by Crippen LogP contribution is -2.16. The van der Waals surface area contributed by atoms with E-state index in [2.05, 4.69) is 11.9 Å². The minimum atomic E-state index is -0.284. The van der Waals surface area contributed by atoms with Gasteiger partial charge in [0.25, 0.3) is 0 Å². The van der Waals surface area contributed by atoms with Crippen molar-refractivity contribution < 1.29 is 9.53 Å². The summed E-state index contributed by atoms with van der Waals surface area (Å²) in [6, 6.07) is 9.50. The number of esters is 1. The van der Waals surface area contributed by atoms with Gasteiger partial charge in [-0.1, -0.05) is 30.9 Å². The second-order valence-corrected chi connectivity index (χ2v) is 2.69. The van der Waals surface area contributed by atoms with Gasteiger partial charge in [-0.25, -0.2) is 0 Å². The number of hydrogen-bond donors (Lipinski definition) is 1.